The second kappa shape index (κ2) is 6.79. The van der Waals surface area contributed by atoms with Crippen LogP contribution in [0.4, 0.5) is 5.82 Å². The highest BCUT2D eigenvalue weighted by atomic mass is 16.5. The van der Waals surface area contributed by atoms with Gasteiger partial charge in [0.05, 0.1) is 17.4 Å². The third-order valence-electron chi connectivity index (χ3n) is 5.32. The Kier molecular flexibility index (Phi) is 4.73. The van der Waals surface area contributed by atoms with Gasteiger partial charge in [0, 0.05) is 19.3 Å². The van der Waals surface area contributed by atoms with Crippen LogP contribution in [0, 0.1) is 5.41 Å². The van der Waals surface area contributed by atoms with Crippen LogP contribution in [0.3, 0.4) is 0 Å². The molecule has 2 aromatic rings. The van der Waals surface area contributed by atoms with E-state index in [1.807, 2.05) is 13.1 Å². The second-order valence-electron chi connectivity index (χ2n) is 6.43. The van der Waals surface area contributed by atoms with Gasteiger partial charge in [-0.1, -0.05) is 13.8 Å². The van der Waals surface area contributed by atoms with Crippen LogP contribution in [-0.2, 0) is 16.0 Å². The molecule has 0 aliphatic carbocycles. The zero-order valence-corrected chi connectivity index (χ0v) is 14.8. The van der Waals surface area contributed by atoms with Crippen LogP contribution in [0.25, 0.3) is 11.0 Å². The van der Waals surface area contributed by atoms with Crippen molar-refractivity contribution >= 4 is 22.8 Å². The van der Waals surface area contributed by atoms with E-state index in [4.69, 9.17) is 4.74 Å². The van der Waals surface area contributed by atoms with Crippen LogP contribution in [0.1, 0.15) is 45.6 Å². The van der Waals surface area contributed by atoms with Crippen molar-refractivity contribution in [3.8, 4) is 0 Å². The molecule has 0 saturated carbocycles. The normalized spacial score (nSPS) is 17.2. The largest absolute Gasteiger partial charge is 0.466 e. The Labute approximate surface area is 142 Å². The van der Waals surface area contributed by atoms with E-state index in [1.165, 1.54) is 5.56 Å². The maximum atomic E-state index is 12.4. The number of ether oxygens (including phenoxy) is 1. The van der Waals surface area contributed by atoms with Gasteiger partial charge in [-0.25, -0.2) is 9.97 Å². The monoisotopic (exact) mass is 330 g/mol. The molecule has 130 valence electrons. The number of carbonyl (C=O) groups is 1. The number of anilines is 1. The summed E-state index contributed by atoms with van der Waals surface area (Å²) in [5.74, 6) is 0.933. The number of nitrogens with one attached hydrogen (secondary N) is 1. The molecule has 0 spiro atoms. The van der Waals surface area contributed by atoms with Crippen molar-refractivity contribution in [2.75, 3.05) is 24.6 Å². The number of aromatic nitrogens is 3. The molecule has 0 atom stereocenters. The first-order valence-electron chi connectivity index (χ1n) is 8.88. The van der Waals surface area contributed by atoms with E-state index in [0.717, 1.165) is 55.6 Å². The first kappa shape index (κ1) is 16.7. The number of hydrogen-bond donors (Lipinski definition) is 1. The van der Waals surface area contributed by atoms with E-state index < -0.39 is 0 Å². The summed E-state index contributed by atoms with van der Waals surface area (Å²) in [4.78, 5) is 26.8. The standard InChI is InChI=1S/C18H26N4O2/c1-4-13-11-19-15-14(13)16(21-12-20-15)22-9-7-18(5-2,8-10-22)17(23)24-6-3/h11-12H,4-10H2,1-3H3,(H,19,20,21). The van der Waals surface area contributed by atoms with E-state index in [0.29, 0.717) is 6.61 Å². The summed E-state index contributed by atoms with van der Waals surface area (Å²) in [6.07, 6.45) is 7.00. The Balaban J connectivity index is 1.85. The van der Waals surface area contributed by atoms with Gasteiger partial charge in [0.2, 0.25) is 0 Å². The fourth-order valence-corrected chi connectivity index (χ4v) is 3.66. The number of esters is 1. The number of aryl methyl sites for hydroxylation is 1. The summed E-state index contributed by atoms with van der Waals surface area (Å²) in [7, 11) is 0. The Morgan fingerprint density at radius 3 is 2.67 bits per heavy atom. The fraction of sp³-hybridized carbons (Fsp3) is 0.611. The quantitative estimate of drug-likeness (QED) is 0.853. The molecule has 2 aromatic heterocycles. The minimum absolute atomic E-state index is 0.0455. The first-order chi connectivity index (χ1) is 11.6. The molecule has 1 fully saturated rings. The smallest absolute Gasteiger partial charge is 0.312 e. The molecule has 0 radical (unpaired) electrons. The molecule has 24 heavy (non-hydrogen) atoms. The average molecular weight is 330 g/mol. The van der Waals surface area contributed by atoms with Crippen molar-refractivity contribution in [2.24, 2.45) is 5.41 Å². The molecule has 1 aliphatic heterocycles. The third kappa shape index (κ3) is 2.74. The van der Waals surface area contributed by atoms with Gasteiger partial charge in [-0.3, -0.25) is 4.79 Å². The van der Waals surface area contributed by atoms with E-state index in [1.54, 1.807) is 6.33 Å². The number of H-pyrrole nitrogens is 1. The summed E-state index contributed by atoms with van der Waals surface area (Å²) in [6.45, 7) is 8.15. The maximum Gasteiger partial charge on any atom is 0.312 e. The van der Waals surface area contributed by atoms with Gasteiger partial charge >= 0.3 is 5.97 Å². The van der Waals surface area contributed by atoms with Crippen molar-refractivity contribution in [1.82, 2.24) is 15.0 Å². The van der Waals surface area contributed by atoms with Crippen molar-refractivity contribution in [3.63, 3.8) is 0 Å². The number of aromatic amines is 1. The average Bonchev–Trinajstić information content (AvgIpc) is 3.05. The summed E-state index contributed by atoms with van der Waals surface area (Å²) >= 11 is 0. The molecule has 0 amide bonds. The van der Waals surface area contributed by atoms with E-state index in [-0.39, 0.29) is 11.4 Å². The number of piperidine rings is 1. The molecule has 1 aliphatic rings. The van der Waals surface area contributed by atoms with Crippen LogP contribution in [-0.4, -0.2) is 40.6 Å². The molecule has 0 aromatic carbocycles. The summed E-state index contributed by atoms with van der Waals surface area (Å²) < 4.78 is 5.32. The van der Waals surface area contributed by atoms with E-state index in [2.05, 4.69) is 33.7 Å². The molecule has 0 unspecified atom stereocenters. The zero-order chi connectivity index (χ0) is 17.2. The molecule has 1 N–H and O–H groups in total. The minimum Gasteiger partial charge on any atom is -0.466 e. The first-order valence-corrected chi connectivity index (χ1v) is 8.88. The van der Waals surface area contributed by atoms with Gasteiger partial charge in [-0.2, -0.15) is 0 Å². The number of carbonyl (C=O) groups excluding carboxylic acids is 1. The SMILES string of the molecule is CCOC(=O)C1(CC)CCN(c2ncnc3[nH]cc(CC)c23)CC1. The van der Waals surface area contributed by atoms with Gasteiger partial charge in [0.25, 0.3) is 0 Å². The third-order valence-corrected chi connectivity index (χ3v) is 5.32. The van der Waals surface area contributed by atoms with Gasteiger partial charge in [0.1, 0.15) is 17.8 Å². The highest BCUT2D eigenvalue weighted by Crippen LogP contribution is 2.38. The molecule has 0 bridgehead atoms. The molecular weight excluding hydrogens is 304 g/mol. The van der Waals surface area contributed by atoms with Crippen LogP contribution in [0.5, 0.6) is 0 Å². The fourth-order valence-electron chi connectivity index (χ4n) is 3.66. The van der Waals surface area contributed by atoms with Gasteiger partial charge in [-0.15, -0.1) is 0 Å². The van der Waals surface area contributed by atoms with Crippen LogP contribution >= 0.6 is 0 Å². The molecule has 3 heterocycles. The number of fused-ring (bicyclic) bond motifs is 1. The lowest BCUT2D eigenvalue weighted by Gasteiger charge is -2.40. The highest BCUT2D eigenvalue weighted by Gasteiger charge is 2.41. The Morgan fingerprint density at radius 2 is 2.04 bits per heavy atom. The van der Waals surface area contributed by atoms with E-state index >= 15 is 0 Å². The van der Waals surface area contributed by atoms with Crippen LogP contribution < -0.4 is 4.90 Å². The summed E-state index contributed by atoms with van der Waals surface area (Å²) in [5.41, 5.74) is 1.78. The number of nitrogens with zero attached hydrogens (tertiary/aromatic N) is 3. The van der Waals surface area contributed by atoms with Crippen molar-refractivity contribution in [3.05, 3.63) is 18.1 Å². The predicted molar refractivity (Wildman–Crippen MR) is 94.1 cm³/mol. The topological polar surface area (TPSA) is 71.1 Å². The van der Waals surface area contributed by atoms with Crippen molar-refractivity contribution < 1.29 is 9.53 Å². The predicted octanol–water partition coefficient (Wildman–Crippen LogP) is 3.08. The lowest BCUT2D eigenvalue weighted by Crippen LogP contribution is -2.45. The lowest BCUT2D eigenvalue weighted by molar-refractivity contribution is -0.157. The van der Waals surface area contributed by atoms with Gasteiger partial charge in [-0.05, 0) is 38.2 Å². The van der Waals surface area contributed by atoms with Crippen molar-refractivity contribution in [2.45, 2.75) is 46.5 Å². The van der Waals surface area contributed by atoms with Crippen LogP contribution in [0.15, 0.2) is 12.5 Å². The van der Waals surface area contributed by atoms with Gasteiger partial charge < -0.3 is 14.6 Å². The van der Waals surface area contributed by atoms with Gasteiger partial charge in [0.15, 0.2) is 0 Å². The Bertz CT molecular complexity index is 717. The maximum absolute atomic E-state index is 12.4. The second-order valence-corrected chi connectivity index (χ2v) is 6.43. The molecule has 6 heteroatoms. The molecule has 3 rings (SSSR count). The highest BCUT2D eigenvalue weighted by molar-refractivity contribution is 5.91. The summed E-state index contributed by atoms with van der Waals surface area (Å²) in [6, 6.07) is 0. The lowest BCUT2D eigenvalue weighted by atomic mass is 9.76. The Hall–Kier alpha value is -2.11. The van der Waals surface area contributed by atoms with Crippen LogP contribution in [0.2, 0.25) is 0 Å². The number of rotatable bonds is 5. The summed E-state index contributed by atoms with van der Waals surface area (Å²) in [5, 5.41) is 1.11. The zero-order valence-electron chi connectivity index (χ0n) is 14.8. The molecular formula is C18H26N4O2. The van der Waals surface area contributed by atoms with E-state index in [9.17, 15) is 4.79 Å². The number of hydrogen-bond acceptors (Lipinski definition) is 5. The molecule has 1 saturated heterocycles. The minimum atomic E-state index is -0.343. The Morgan fingerprint density at radius 1 is 1.29 bits per heavy atom. The molecule has 6 nitrogen and oxygen atoms in total. The van der Waals surface area contributed by atoms with Crippen molar-refractivity contribution in [1.29, 1.82) is 0 Å².